The molecule has 1 aromatic carbocycles. The monoisotopic (exact) mass is 354 g/mol. The second-order valence-electron chi connectivity index (χ2n) is 4.27. The molecule has 0 saturated carbocycles. The molecule has 0 fully saturated rings. The molecule has 0 heterocycles. The van der Waals surface area contributed by atoms with Crippen molar-refractivity contribution < 1.29 is 18.7 Å². The number of ether oxygens (including phenoxy) is 2. The Balaban J connectivity index is 0.00000441. The van der Waals surface area contributed by atoms with E-state index in [-0.39, 0.29) is 36.4 Å². The number of hydrogen-bond acceptors (Lipinski definition) is 4. The number of carbonyl (C=O) groups is 1. The van der Waals surface area contributed by atoms with Crippen molar-refractivity contribution in [1.29, 1.82) is 0 Å². The first-order valence-corrected chi connectivity index (χ1v) is 7.05. The van der Waals surface area contributed by atoms with Crippen LogP contribution in [0.2, 0.25) is 5.02 Å². The number of carbonyl (C=O) groups excluding carboxylic acids is 1. The average Bonchev–Trinajstić information content (AvgIpc) is 2.45. The fourth-order valence-corrected chi connectivity index (χ4v) is 1.75. The van der Waals surface area contributed by atoms with E-state index < -0.39 is 5.82 Å². The number of halogens is 3. The Kier molecular flexibility index (Phi) is 11.9. The second kappa shape index (κ2) is 12.5. The van der Waals surface area contributed by atoms with Crippen LogP contribution in [0.4, 0.5) is 4.39 Å². The third-order valence-corrected chi connectivity index (χ3v) is 2.88. The Morgan fingerprint density at radius 3 is 2.73 bits per heavy atom. The summed E-state index contributed by atoms with van der Waals surface area (Å²) in [6, 6.07) is 3.87. The minimum absolute atomic E-state index is 0. The molecule has 0 aliphatic heterocycles. The van der Waals surface area contributed by atoms with Crippen molar-refractivity contribution in [2.24, 2.45) is 0 Å². The van der Waals surface area contributed by atoms with Crippen LogP contribution in [0.15, 0.2) is 18.2 Å². The average molecular weight is 355 g/mol. The molecule has 0 aliphatic carbocycles. The maximum atomic E-state index is 12.8. The van der Waals surface area contributed by atoms with Gasteiger partial charge in [-0.1, -0.05) is 11.6 Å². The van der Waals surface area contributed by atoms with E-state index in [0.717, 1.165) is 6.54 Å². The van der Waals surface area contributed by atoms with E-state index in [9.17, 15) is 9.18 Å². The van der Waals surface area contributed by atoms with Crippen LogP contribution in [-0.2, 0) is 9.53 Å². The van der Waals surface area contributed by atoms with E-state index in [1.54, 1.807) is 7.11 Å². The van der Waals surface area contributed by atoms with Crippen molar-refractivity contribution in [1.82, 2.24) is 10.6 Å². The van der Waals surface area contributed by atoms with Gasteiger partial charge in [0.25, 0.3) is 0 Å². The summed E-state index contributed by atoms with van der Waals surface area (Å²) in [5.41, 5.74) is 0. The highest BCUT2D eigenvalue weighted by Crippen LogP contribution is 2.24. The van der Waals surface area contributed by atoms with Gasteiger partial charge in [0.2, 0.25) is 5.91 Å². The largest absolute Gasteiger partial charge is 0.491 e. The number of rotatable bonds is 10. The highest BCUT2D eigenvalue weighted by molar-refractivity contribution is 6.32. The van der Waals surface area contributed by atoms with Gasteiger partial charge < -0.3 is 20.1 Å². The molecular formula is C14H21Cl2FN2O3. The third kappa shape index (κ3) is 9.04. The molecule has 0 saturated heterocycles. The van der Waals surface area contributed by atoms with Gasteiger partial charge in [0.1, 0.15) is 11.6 Å². The van der Waals surface area contributed by atoms with Gasteiger partial charge in [-0.15, -0.1) is 12.4 Å². The lowest BCUT2D eigenvalue weighted by Gasteiger charge is -2.09. The lowest BCUT2D eigenvalue weighted by atomic mass is 10.3. The number of amides is 1. The molecule has 1 aromatic rings. The zero-order valence-corrected chi connectivity index (χ0v) is 13.9. The molecule has 5 nitrogen and oxygen atoms in total. The van der Waals surface area contributed by atoms with Crippen molar-refractivity contribution >= 4 is 29.9 Å². The maximum Gasteiger partial charge on any atom is 0.223 e. The first kappa shape index (κ1) is 20.9. The van der Waals surface area contributed by atoms with Crippen molar-refractivity contribution in [2.75, 3.05) is 40.0 Å². The smallest absolute Gasteiger partial charge is 0.223 e. The molecule has 0 aromatic heterocycles. The van der Waals surface area contributed by atoms with Gasteiger partial charge in [0.15, 0.2) is 0 Å². The fraction of sp³-hybridized carbons (Fsp3) is 0.500. The minimum Gasteiger partial charge on any atom is -0.491 e. The van der Waals surface area contributed by atoms with Crippen molar-refractivity contribution in [3.63, 3.8) is 0 Å². The topological polar surface area (TPSA) is 59.6 Å². The molecule has 0 unspecified atom stereocenters. The summed E-state index contributed by atoms with van der Waals surface area (Å²) in [6.07, 6.45) is 0.214. The summed E-state index contributed by atoms with van der Waals surface area (Å²) in [6.45, 7) is 2.80. The zero-order chi connectivity index (χ0) is 15.5. The summed E-state index contributed by atoms with van der Waals surface area (Å²) < 4.78 is 23.0. The molecule has 0 aliphatic rings. The molecule has 0 spiro atoms. The van der Waals surface area contributed by atoms with Crippen molar-refractivity contribution in [2.45, 2.75) is 6.42 Å². The predicted octanol–water partition coefficient (Wildman–Crippen LogP) is 2.02. The van der Waals surface area contributed by atoms with Crippen LogP contribution in [0.1, 0.15) is 6.42 Å². The van der Waals surface area contributed by atoms with Crippen LogP contribution in [0.3, 0.4) is 0 Å². The van der Waals surface area contributed by atoms with Crippen LogP contribution >= 0.6 is 24.0 Å². The molecular weight excluding hydrogens is 334 g/mol. The normalized spacial score (nSPS) is 9.95. The number of methoxy groups -OCH3 is 1. The molecule has 1 rings (SSSR count). The first-order chi connectivity index (χ1) is 10.1. The lowest BCUT2D eigenvalue weighted by molar-refractivity contribution is -0.121. The number of nitrogens with one attached hydrogen (secondary N) is 2. The first-order valence-electron chi connectivity index (χ1n) is 6.67. The quantitative estimate of drug-likeness (QED) is 0.631. The Hall–Kier alpha value is -1.08. The summed E-state index contributed by atoms with van der Waals surface area (Å²) in [7, 11) is 1.64. The molecule has 126 valence electrons. The zero-order valence-electron chi connectivity index (χ0n) is 12.4. The highest BCUT2D eigenvalue weighted by atomic mass is 35.5. The minimum atomic E-state index is -0.425. The van der Waals surface area contributed by atoms with Crippen molar-refractivity contribution in [3.8, 4) is 5.75 Å². The number of benzene rings is 1. The van der Waals surface area contributed by atoms with E-state index >= 15 is 0 Å². The van der Waals surface area contributed by atoms with Crippen LogP contribution in [0.5, 0.6) is 5.75 Å². The molecule has 1 amide bonds. The van der Waals surface area contributed by atoms with Gasteiger partial charge in [-0.25, -0.2) is 4.39 Å². The maximum absolute atomic E-state index is 12.8. The van der Waals surface area contributed by atoms with E-state index in [1.807, 2.05) is 0 Å². The van der Waals surface area contributed by atoms with Crippen molar-refractivity contribution in [3.05, 3.63) is 29.0 Å². The van der Waals surface area contributed by atoms with E-state index in [4.69, 9.17) is 21.1 Å². The SMILES string of the molecule is COCCNCCNC(=O)CCOc1ccc(F)cc1Cl.Cl. The van der Waals surface area contributed by atoms with Gasteiger partial charge in [0, 0.05) is 26.7 Å². The standard InChI is InChI=1S/C14H20ClFN2O3.ClH/c1-20-9-7-17-5-6-18-14(19)4-8-21-13-3-2-11(16)10-12(13)15;/h2-3,10,17H,4-9H2,1H3,(H,18,19);1H. The predicted molar refractivity (Wildman–Crippen MR) is 86.5 cm³/mol. The molecule has 0 radical (unpaired) electrons. The Bertz CT molecular complexity index is 450. The Labute approximate surface area is 140 Å². The van der Waals surface area contributed by atoms with Crippen LogP contribution < -0.4 is 15.4 Å². The molecule has 0 atom stereocenters. The summed E-state index contributed by atoms with van der Waals surface area (Å²) in [4.78, 5) is 11.5. The molecule has 0 bridgehead atoms. The van der Waals surface area contributed by atoms with Crippen LogP contribution in [0.25, 0.3) is 0 Å². The van der Waals surface area contributed by atoms with E-state index in [0.29, 0.717) is 25.4 Å². The molecule has 22 heavy (non-hydrogen) atoms. The Morgan fingerprint density at radius 2 is 2.05 bits per heavy atom. The fourth-order valence-electron chi connectivity index (χ4n) is 1.52. The number of hydrogen-bond donors (Lipinski definition) is 2. The summed E-state index contributed by atoms with van der Waals surface area (Å²) >= 11 is 5.80. The summed E-state index contributed by atoms with van der Waals surface area (Å²) in [5.74, 6) is -0.167. The van der Waals surface area contributed by atoms with E-state index in [1.165, 1.54) is 18.2 Å². The van der Waals surface area contributed by atoms with Crippen LogP contribution in [-0.4, -0.2) is 45.9 Å². The Morgan fingerprint density at radius 1 is 1.27 bits per heavy atom. The van der Waals surface area contributed by atoms with Gasteiger partial charge in [0.05, 0.1) is 24.7 Å². The molecule has 8 heteroatoms. The van der Waals surface area contributed by atoms with Gasteiger partial charge in [-0.2, -0.15) is 0 Å². The third-order valence-electron chi connectivity index (χ3n) is 2.59. The summed E-state index contributed by atoms with van der Waals surface area (Å²) in [5, 5.41) is 6.06. The molecule has 2 N–H and O–H groups in total. The van der Waals surface area contributed by atoms with Gasteiger partial charge in [-0.3, -0.25) is 4.79 Å². The van der Waals surface area contributed by atoms with Crippen LogP contribution in [0, 0.1) is 5.82 Å². The van der Waals surface area contributed by atoms with E-state index in [2.05, 4.69) is 10.6 Å². The highest BCUT2D eigenvalue weighted by Gasteiger charge is 2.05. The van der Waals surface area contributed by atoms with Gasteiger partial charge in [-0.05, 0) is 18.2 Å². The van der Waals surface area contributed by atoms with Gasteiger partial charge >= 0.3 is 0 Å². The second-order valence-corrected chi connectivity index (χ2v) is 4.67. The lowest BCUT2D eigenvalue weighted by Crippen LogP contribution is -2.33.